The molecular weight excluding hydrogens is 372 g/mol. The highest BCUT2D eigenvalue weighted by Crippen LogP contribution is 2.41. The standard InChI is InChI=1S/C19H15ClN2O5/c1-10(23)26-19-18(24)22-14-7-6-11(9-21)8-13(14)17(27-19)12-4-3-5-15(25-2)16(12)20/h3-8,17,19H,1-2H3,(H,22,24)/t17-,19+/m1/s1. The summed E-state index contributed by atoms with van der Waals surface area (Å²) in [4.78, 5) is 23.8. The van der Waals surface area contributed by atoms with E-state index in [0.717, 1.165) is 0 Å². The normalized spacial score (nSPS) is 18.5. The van der Waals surface area contributed by atoms with Gasteiger partial charge >= 0.3 is 5.97 Å². The zero-order valence-corrected chi connectivity index (χ0v) is 15.2. The van der Waals surface area contributed by atoms with Crippen molar-refractivity contribution in [3.05, 3.63) is 58.1 Å². The number of amides is 1. The SMILES string of the molecule is COc1cccc([C@H]2O[C@H](OC(C)=O)C(=O)Nc3ccc(C#N)cc32)c1Cl. The molecule has 0 radical (unpaired) electrons. The number of nitriles is 1. The largest absolute Gasteiger partial charge is 0.495 e. The molecule has 1 N–H and O–H groups in total. The van der Waals surface area contributed by atoms with Crippen LogP contribution in [-0.4, -0.2) is 25.3 Å². The number of ether oxygens (including phenoxy) is 3. The first-order chi connectivity index (χ1) is 12.9. The minimum Gasteiger partial charge on any atom is -0.495 e. The van der Waals surface area contributed by atoms with E-state index in [0.29, 0.717) is 28.1 Å². The highest BCUT2D eigenvalue weighted by atomic mass is 35.5. The molecule has 0 saturated heterocycles. The summed E-state index contributed by atoms with van der Waals surface area (Å²) in [7, 11) is 1.48. The van der Waals surface area contributed by atoms with E-state index in [4.69, 9.17) is 25.8 Å². The molecule has 1 aliphatic rings. The second-order valence-electron chi connectivity index (χ2n) is 5.72. The fourth-order valence-corrected chi connectivity index (χ4v) is 3.08. The summed E-state index contributed by atoms with van der Waals surface area (Å²) in [6.45, 7) is 1.18. The van der Waals surface area contributed by atoms with Crippen molar-refractivity contribution < 1.29 is 23.8 Å². The van der Waals surface area contributed by atoms with Gasteiger partial charge in [-0.3, -0.25) is 9.59 Å². The molecule has 1 amide bonds. The quantitative estimate of drug-likeness (QED) is 0.813. The van der Waals surface area contributed by atoms with Gasteiger partial charge in [0.25, 0.3) is 12.2 Å². The average Bonchev–Trinajstić information content (AvgIpc) is 2.78. The van der Waals surface area contributed by atoms with Crippen molar-refractivity contribution in [2.45, 2.75) is 19.3 Å². The van der Waals surface area contributed by atoms with Gasteiger partial charge in [0, 0.05) is 23.7 Å². The van der Waals surface area contributed by atoms with Crippen molar-refractivity contribution in [1.29, 1.82) is 5.26 Å². The van der Waals surface area contributed by atoms with E-state index in [1.54, 1.807) is 36.4 Å². The van der Waals surface area contributed by atoms with Crippen LogP contribution in [0.25, 0.3) is 0 Å². The van der Waals surface area contributed by atoms with E-state index in [2.05, 4.69) is 11.4 Å². The fourth-order valence-electron chi connectivity index (χ4n) is 2.77. The summed E-state index contributed by atoms with van der Waals surface area (Å²) >= 11 is 6.44. The van der Waals surface area contributed by atoms with Crippen LogP contribution in [0, 0.1) is 11.3 Å². The Kier molecular flexibility index (Phi) is 5.31. The summed E-state index contributed by atoms with van der Waals surface area (Å²) in [6.07, 6.45) is -2.35. The molecule has 3 rings (SSSR count). The van der Waals surface area contributed by atoms with Crippen LogP contribution in [0.1, 0.15) is 29.7 Å². The first-order valence-corrected chi connectivity index (χ1v) is 8.32. The zero-order chi connectivity index (χ0) is 19.6. The van der Waals surface area contributed by atoms with Crippen molar-refractivity contribution in [1.82, 2.24) is 0 Å². The lowest BCUT2D eigenvalue weighted by atomic mass is 9.97. The summed E-state index contributed by atoms with van der Waals surface area (Å²) in [5, 5.41) is 12.2. The van der Waals surface area contributed by atoms with Crippen LogP contribution in [0.15, 0.2) is 36.4 Å². The van der Waals surface area contributed by atoms with Crippen LogP contribution in [0.2, 0.25) is 5.02 Å². The van der Waals surface area contributed by atoms with E-state index >= 15 is 0 Å². The van der Waals surface area contributed by atoms with Gasteiger partial charge in [-0.2, -0.15) is 5.26 Å². The number of rotatable bonds is 3. The summed E-state index contributed by atoms with van der Waals surface area (Å²) in [5.74, 6) is -0.893. The fraction of sp³-hybridized carbons (Fsp3) is 0.211. The molecule has 0 unspecified atom stereocenters. The zero-order valence-electron chi connectivity index (χ0n) is 14.5. The van der Waals surface area contributed by atoms with Gasteiger partial charge in [0.2, 0.25) is 0 Å². The number of carbonyl (C=O) groups is 2. The van der Waals surface area contributed by atoms with Gasteiger partial charge in [-0.25, -0.2) is 0 Å². The van der Waals surface area contributed by atoms with Crippen LogP contribution in [-0.2, 0) is 19.1 Å². The molecule has 2 atom stereocenters. The van der Waals surface area contributed by atoms with Crippen LogP contribution in [0.3, 0.4) is 0 Å². The maximum atomic E-state index is 12.4. The van der Waals surface area contributed by atoms with E-state index in [-0.39, 0.29) is 5.02 Å². The first kappa shape index (κ1) is 18.7. The Hall–Kier alpha value is -3.08. The first-order valence-electron chi connectivity index (χ1n) is 7.94. The molecule has 1 aliphatic heterocycles. The minimum atomic E-state index is -1.48. The molecule has 27 heavy (non-hydrogen) atoms. The molecule has 8 heteroatoms. The third-order valence-electron chi connectivity index (χ3n) is 3.96. The molecule has 0 bridgehead atoms. The van der Waals surface area contributed by atoms with Gasteiger partial charge in [0.15, 0.2) is 0 Å². The molecule has 2 aromatic carbocycles. The summed E-state index contributed by atoms with van der Waals surface area (Å²) < 4.78 is 16.1. The number of benzene rings is 2. The van der Waals surface area contributed by atoms with E-state index in [9.17, 15) is 14.9 Å². The Morgan fingerprint density at radius 2 is 2.07 bits per heavy atom. The molecule has 2 aromatic rings. The molecule has 138 valence electrons. The van der Waals surface area contributed by atoms with Gasteiger partial charge in [-0.1, -0.05) is 23.7 Å². The van der Waals surface area contributed by atoms with Crippen molar-refractivity contribution in [2.75, 3.05) is 12.4 Å². The number of hydrogen-bond acceptors (Lipinski definition) is 6. The van der Waals surface area contributed by atoms with E-state index in [1.165, 1.54) is 14.0 Å². The van der Waals surface area contributed by atoms with Crippen LogP contribution >= 0.6 is 11.6 Å². The smallest absolute Gasteiger partial charge is 0.305 e. The lowest BCUT2D eigenvalue weighted by Crippen LogP contribution is -2.33. The number of anilines is 1. The number of carbonyl (C=O) groups excluding carboxylic acids is 2. The topological polar surface area (TPSA) is 97.7 Å². The second-order valence-corrected chi connectivity index (χ2v) is 6.10. The Bertz CT molecular complexity index is 954. The van der Waals surface area contributed by atoms with Crippen molar-refractivity contribution in [3.63, 3.8) is 0 Å². The Balaban J connectivity index is 2.18. The van der Waals surface area contributed by atoms with E-state index in [1.807, 2.05) is 0 Å². The molecule has 0 aromatic heterocycles. The lowest BCUT2D eigenvalue weighted by molar-refractivity contribution is -0.187. The lowest BCUT2D eigenvalue weighted by Gasteiger charge is -2.22. The van der Waals surface area contributed by atoms with E-state index < -0.39 is 24.3 Å². The van der Waals surface area contributed by atoms with Gasteiger partial charge in [-0.15, -0.1) is 0 Å². The molecule has 1 heterocycles. The van der Waals surface area contributed by atoms with Crippen molar-refractivity contribution in [3.8, 4) is 11.8 Å². The molecule has 0 fully saturated rings. The third-order valence-corrected chi connectivity index (χ3v) is 4.37. The second kappa shape index (κ2) is 7.66. The third kappa shape index (κ3) is 3.72. The van der Waals surface area contributed by atoms with Gasteiger partial charge in [0.1, 0.15) is 11.9 Å². The van der Waals surface area contributed by atoms with Crippen LogP contribution < -0.4 is 10.1 Å². The van der Waals surface area contributed by atoms with Crippen LogP contribution in [0.4, 0.5) is 5.69 Å². The molecule has 0 spiro atoms. The van der Waals surface area contributed by atoms with Crippen molar-refractivity contribution in [2.24, 2.45) is 0 Å². The van der Waals surface area contributed by atoms with Crippen molar-refractivity contribution >= 4 is 29.2 Å². The minimum absolute atomic E-state index is 0.286. The Labute approximate surface area is 160 Å². The average molecular weight is 387 g/mol. The predicted octanol–water partition coefficient (Wildman–Crippen LogP) is 3.17. The Morgan fingerprint density at radius 3 is 2.74 bits per heavy atom. The highest BCUT2D eigenvalue weighted by Gasteiger charge is 2.35. The number of esters is 1. The number of halogens is 1. The molecule has 0 aliphatic carbocycles. The molecular formula is C19H15ClN2O5. The molecule has 7 nitrogen and oxygen atoms in total. The number of hydrogen-bond donors (Lipinski definition) is 1. The number of fused-ring (bicyclic) bond motifs is 1. The maximum Gasteiger partial charge on any atom is 0.305 e. The molecule has 0 saturated carbocycles. The Morgan fingerprint density at radius 1 is 1.30 bits per heavy atom. The predicted molar refractivity (Wildman–Crippen MR) is 96.3 cm³/mol. The van der Waals surface area contributed by atoms with Crippen LogP contribution in [0.5, 0.6) is 5.75 Å². The highest BCUT2D eigenvalue weighted by molar-refractivity contribution is 6.33. The monoisotopic (exact) mass is 386 g/mol. The maximum absolute atomic E-state index is 12.4. The van der Waals surface area contributed by atoms with Gasteiger partial charge in [0.05, 0.1) is 23.8 Å². The number of nitrogens with one attached hydrogen (secondary N) is 1. The number of methoxy groups -OCH3 is 1. The summed E-state index contributed by atoms with van der Waals surface area (Å²) in [6, 6.07) is 11.9. The summed E-state index contributed by atoms with van der Waals surface area (Å²) in [5.41, 5.74) is 1.81. The number of nitrogens with zero attached hydrogens (tertiary/aromatic N) is 1. The van der Waals surface area contributed by atoms with Gasteiger partial charge in [-0.05, 0) is 24.3 Å². The van der Waals surface area contributed by atoms with Gasteiger partial charge < -0.3 is 19.5 Å².